The summed E-state index contributed by atoms with van der Waals surface area (Å²) in [7, 11) is 0. The standard InChI is InChI=1S/C9H8ClNO4/c1-2-9(12)15-8-4-3-6(11(13)14)5-7(8)10/h3-5H,2H2,1H3. The molecule has 80 valence electrons. The van der Waals surface area contributed by atoms with E-state index in [2.05, 4.69) is 0 Å². The molecule has 0 aliphatic heterocycles. The van der Waals surface area contributed by atoms with E-state index in [4.69, 9.17) is 16.3 Å². The number of esters is 1. The van der Waals surface area contributed by atoms with Crippen molar-refractivity contribution in [1.82, 2.24) is 0 Å². The minimum atomic E-state index is -0.572. The molecule has 0 bridgehead atoms. The van der Waals surface area contributed by atoms with Gasteiger partial charge in [-0.25, -0.2) is 0 Å². The number of nitro groups is 1. The first kappa shape index (κ1) is 11.5. The number of ether oxygens (including phenoxy) is 1. The van der Waals surface area contributed by atoms with Gasteiger partial charge in [0.25, 0.3) is 5.69 Å². The number of carbonyl (C=O) groups excluding carboxylic acids is 1. The Balaban J connectivity index is 2.93. The number of hydrogen-bond acceptors (Lipinski definition) is 4. The molecule has 5 nitrogen and oxygen atoms in total. The number of nitrogens with zero attached hydrogens (tertiary/aromatic N) is 1. The second-order valence-corrected chi connectivity index (χ2v) is 3.11. The molecule has 15 heavy (non-hydrogen) atoms. The molecule has 0 aromatic heterocycles. The summed E-state index contributed by atoms with van der Waals surface area (Å²) < 4.78 is 4.84. The molecule has 0 amide bonds. The van der Waals surface area contributed by atoms with Crippen molar-refractivity contribution in [3.8, 4) is 5.75 Å². The smallest absolute Gasteiger partial charge is 0.310 e. The fourth-order valence-electron chi connectivity index (χ4n) is 0.881. The van der Waals surface area contributed by atoms with Gasteiger partial charge in [0.2, 0.25) is 0 Å². The van der Waals surface area contributed by atoms with E-state index in [9.17, 15) is 14.9 Å². The predicted molar refractivity (Wildman–Crippen MR) is 54.0 cm³/mol. The largest absolute Gasteiger partial charge is 0.425 e. The van der Waals surface area contributed by atoms with Crippen LogP contribution < -0.4 is 4.74 Å². The van der Waals surface area contributed by atoms with Crippen LogP contribution in [0.1, 0.15) is 13.3 Å². The van der Waals surface area contributed by atoms with Crippen LogP contribution in [-0.2, 0) is 4.79 Å². The quantitative estimate of drug-likeness (QED) is 0.346. The normalized spacial score (nSPS) is 9.73. The summed E-state index contributed by atoms with van der Waals surface area (Å²) >= 11 is 5.69. The number of rotatable bonds is 3. The van der Waals surface area contributed by atoms with Crippen LogP contribution >= 0.6 is 11.6 Å². The summed E-state index contributed by atoms with van der Waals surface area (Å²) in [5.41, 5.74) is -0.142. The summed E-state index contributed by atoms with van der Waals surface area (Å²) in [5, 5.41) is 10.4. The fraction of sp³-hybridized carbons (Fsp3) is 0.222. The van der Waals surface area contributed by atoms with Crippen molar-refractivity contribution >= 4 is 23.3 Å². The van der Waals surface area contributed by atoms with Crippen LogP contribution in [0, 0.1) is 10.1 Å². The van der Waals surface area contributed by atoms with Gasteiger partial charge in [0.05, 0.1) is 9.95 Å². The van der Waals surface area contributed by atoms with Gasteiger partial charge in [0, 0.05) is 18.6 Å². The second-order valence-electron chi connectivity index (χ2n) is 2.70. The number of hydrogen-bond donors (Lipinski definition) is 0. The van der Waals surface area contributed by atoms with Gasteiger partial charge in [-0.3, -0.25) is 14.9 Å². The van der Waals surface area contributed by atoms with E-state index < -0.39 is 10.9 Å². The molecular formula is C9H8ClNO4. The van der Waals surface area contributed by atoms with Crippen molar-refractivity contribution < 1.29 is 14.5 Å². The van der Waals surface area contributed by atoms with Gasteiger partial charge in [0.15, 0.2) is 0 Å². The zero-order valence-corrected chi connectivity index (χ0v) is 8.65. The van der Waals surface area contributed by atoms with Gasteiger partial charge < -0.3 is 4.74 Å². The highest BCUT2D eigenvalue weighted by atomic mass is 35.5. The lowest BCUT2D eigenvalue weighted by Crippen LogP contribution is -2.05. The monoisotopic (exact) mass is 229 g/mol. The van der Waals surface area contributed by atoms with Crippen molar-refractivity contribution in [2.45, 2.75) is 13.3 Å². The number of non-ortho nitro benzene ring substituents is 1. The highest BCUT2D eigenvalue weighted by molar-refractivity contribution is 6.32. The molecule has 1 rings (SSSR count). The molecule has 0 saturated carbocycles. The maximum atomic E-state index is 10.9. The molecule has 0 heterocycles. The van der Waals surface area contributed by atoms with Crippen molar-refractivity contribution in [2.24, 2.45) is 0 Å². The summed E-state index contributed by atoms with van der Waals surface area (Å²) in [4.78, 5) is 20.7. The minimum Gasteiger partial charge on any atom is -0.425 e. The van der Waals surface area contributed by atoms with E-state index in [-0.39, 0.29) is 22.9 Å². The van der Waals surface area contributed by atoms with Crippen LogP contribution in [0.2, 0.25) is 5.02 Å². The number of benzene rings is 1. The Morgan fingerprint density at radius 1 is 1.60 bits per heavy atom. The Bertz CT molecular complexity index is 405. The molecule has 0 aliphatic carbocycles. The van der Waals surface area contributed by atoms with Gasteiger partial charge >= 0.3 is 5.97 Å². The highest BCUT2D eigenvalue weighted by Crippen LogP contribution is 2.28. The third kappa shape index (κ3) is 2.92. The van der Waals surface area contributed by atoms with Crippen LogP contribution in [0.5, 0.6) is 5.75 Å². The molecule has 0 fully saturated rings. The molecule has 6 heteroatoms. The molecule has 0 aliphatic rings. The topological polar surface area (TPSA) is 69.4 Å². The van der Waals surface area contributed by atoms with Crippen molar-refractivity contribution in [3.63, 3.8) is 0 Å². The Morgan fingerprint density at radius 3 is 2.73 bits per heavy atom. The lowest BCUT2D eigenvalue weighted by Gasteiger charge is -2.03. The average molecular weight is 230 g/mol. The van der Waals surface area contributed by atoms with E-state index in [0.29, 0.717) is 0 Å². The van der Waals surface area contributed by atoms with Crippen LogP contribution in [-0.4, -0.2) is 10.9 Å². The molecule has 0 atom stereocenters. The summed E-state index contributed by atoms with van der Waals surface area (Å²) in [6.45, 7) is 1.64. The third-order valence-electron chi connectivity index (χ3n) is 1.64. The minimum absolute atomic E-state index is 0.0472. The van der Waals surface area contributed by atoms with Crippen molar-refractivity contribution in [2.75, 3.05) is 0 Å². The Labute approximate surface area is 90.8 Å². The van der Waals surface area contributed by atoms with Gasteiger partial charge in [-0.15, -0.1) is 0 Å². The molecule has 1 aromatic rings. The fourth-order valence-corrected chi connectivity index (χ4v) is 1.09. The van der Waals surface area contributed by atoms with Crippen LogP contribution in [0.15, 0.2) is 18.2 Å². The molecule has 0 radical (unpaired) electrons. The van der Waals surface area contributed by atoms with E-state index >= 15 is 0 Å². The zero-order valence-electron chi connectivity index (χ0n) is 7.90. The Morgan fingerprint density at radius 2 is 2.27 bits per heavy atom. The number of carbonyl (C=O) groups is 1. The molecular weight excluding hydrogens is 222 g/mol. The molecule has 1 aromatic carbocycles. The van der Waals surface area contributed by atoms with Gasteiger partial charge in [0.1, 0.15) is 5.75 Å². The lowest BCUT2D eigenvalue weighted by molar-refractivity contribution is -0.384. The van der Waals surface area contributed by atoms with E-state index in [0.717, 1.165) is 6.07 Å². The van der Waals surface area contributed by atoms with Gasteiger partial charge in [-0.05, 0) is 6.07 Å². The molecule has 0 saturated heterocycles. The highest BCUT2D eigenvalue weighted by Gasteiger charge is 2.12. The van der Waals surface area contributed by atoms with Gasteiger partial charge in [-0.1, -0.05) is 18.5 Å². The van der Waals surface area contributed by atoms with E-state index in [1.54, 1.807) is 6.92 Å². The lowest BCUT2D eigenvalue weighted by atomic mass is 10.3. The first-order chi connectivity index (χ1) is 7.04. The summed E-state index contributed by atoms with van der Waals surface area (Å²) in [6, 6.07) is 3.66. The molecule has 0 unspecified atom stereocenters. The Kier molecular flexibility index (Phi) is 3.62. The van der Waals surface area contributed by atoms with Crippen molar-refractivity contribution in [3.05, 3.63) is 33.3 Å². The maximum absolute atomic E-state index is 10.9. The zero-order chi connectivity index (χ0) is 11.4. The Hall–Kier alpha value is -1.62. The second kappa shape index (κ2) is 4.75. The first-order valence-corrected chi connectivity index (χ1v) is 4.57. The van der Waals surface area contributed by atoms with Crippen molar-refractivity contribution in [1.29, 1.82) is 0 Å². The molecule has 0 spiro atoms. The predicted octanol–water partition coefficient (Wildman–Crippen LogP) is 2.56. The molecule has 0 N–H and O–H groups in total. The first-order valence-electron chi connectivity index (χ1n) is 4.19. The van der Waals surface area contributed by atoms with Gasteiger partial charge in [-0.2, -0.15) is 0 Å². The van der Waals surface area contributed by atoms with Crippen LogP contribution in [0.3, 0.4) is 0 Å². The third-order valence-corrected chi connectivity index (χ3v) is 1.93. The SMILES string of the molecule is CCC(=O)Oc1ccc([N+](=O)[O-])cc1Cl. The van der Waals surface area contributed by atoms with Crippen LogP contribution in [0.25, 0.3) is 0 Å². The summed E-state index contributed by atoms with van der Waals surface area (Å²) in [6.07, 6.45) is 0.216. The number of nitro benzene ring substituents is 1. The van der Waals surface area contributed by atoms with Crippen LogP contribution in [0.4, 0.5) is 5.69 Å². The average Bonchev–Trinajstić information content (AvgIpc) is 2.20. The number of halogens is 1. The van der Waals surface area contributed by atoms with E-state index in [1.165, 1.54) is 12.1 Å². The maximum Gasteiger partial charge on any atom is 0.310 e. The summed E-state index contributed by atoms with van der Waals surface area (Å²) in [5.74, 6) is -0.306. The van der Waals surface area contributed by atoms with E-state index in [1.807, 2.05) is 0 Å².